The minimum atomic E-state index is -1.13. The number of thioether (sulfide) groups is 1. The zero-order chi connectivity index (χ0) is 16.3. The molecule has 0 fully saturated rings. The maximum absolute atomic E-state index is 11.9. The summed E-state index contributed by atoms with van der Waals surface area (Å²) < 4.78 is 0. The number of nitriles is 1. The van der Waals surface area contributed by atoms with E-state index in [9.17, 15) is 9.59 Å². The van der Waals surface area contributed by atoms with Crippen LogP contribution < -0.4 is 5.32 Å². The molecule has 0 bridgehead atoms. The van der Waals surface area contributed by atoms with E-state index in [0.717, 1.165) is 0 Å². The number of aliphatic hydroxyl groups is 1. The van der Waals surface area contributed by atoms with E-state index in [0.29, 0.717) is 18.8 Å². The molecule has 0 saturated carbocycles. The Morgan fingerprint density at radius 3 is 2.62 bits per heavy atom. The summed E-state index contributed by atoms with van der Waals surface area (Å²) in [5.41, 5.74) is -0.180. The highest BCUT2D eigenvalue weighted by atomic mass is 32.2. The molecule has 0 aliphatic carbocycles. The average Bonchev–Trinajstić information content (AvgIpc) is 2.47. The standard InChI is InChI=1S/C13H21N3O4S/c1-3-16(5-6-17)9-10(8-14)12(18)15-11(13(19)20)4-7-21-2/h9,11,17H,3-7H2,1-2H3,(H,15,18)(H,19,20)/b10-9-. The second-order valence-corrected chi connectivity index (χ2v) is 5.14. The summed E-state index contributed by atoms with van der Waals surface area (Å²) in [6.07, 6.45) is 3.46. The molecule has 0 heterocycles. The molecule has 1 unspecified atom stereocenters. The summed E-state index contributed by atoms with van der Waals surface area (Å²) in [5, 5.41) is 29.3. The molecule has 0 aliphatic rings. The van der Waals surface area contributed by atoms with E-state index in [1.54, 1.807) is 11.0 Å². The lowest BCUT2D eigenvalue weighted by Gasteiger charge is -2.18. The predicted octanol–water partition coefficient (Wildman–Crippen LogP) is 0.0306. The molecule has 0 aromatic carbocycles. The third-order valence-electron chi connectivity index (χ3n) is 2.68. The van der Waals surface area contributed by atoms with Crippen LogP contribution in [0.25, 0.3) is 0 Å². The highest BCUT2D eigenvalue weighted by molar-refractivity contribution is 7.98. The first-order chi connectivity index (χ1) is 9.99. The summed E-state index contributed by atoms with van der Waals surface area (Å²) >= 11 is 1.48. The molecule has 0 aromatic heterocycles. The Balaban J connectivity index is 4.87. The van der Waals surface area contributed by atoms with Crippen LogP contribution in [-0.4, -0.2) is 64.7 Å². The molecule has 0 radical (unpaired) electrons. The fourth-order valence-electron chi connectivity index (χ4n) is 1.49. The number of hydrogen-bond acceptors (Lipinski definition) is 6. The maximum Gasteiger partial charge on any atom is 0.326 e. The van der Waals surface area contributed by atoms with Gasteiger partial charge in [0.05, 0.1) is 6.61 Å². The zero-order valence-corrected chi connectivity index (χ0v) is 13.0. The van der Waals surface area contributed by atoms with Crippen molar-refractivity contribution in [1.29, 1.82) is 5.26 Å². The number of amides is 1. The maximum atomic E-state index is 11.9. The van der Waals surface area contributed by atoms with Gasteiger partial charge in [-0.3, -0.25) is 4.79 Å². The molecule has 1 atom stereocenters. The van der Waals surface area contributed by atoms with Gasteiger partial charge in [-0.05, 0) is 25.4 Å². The van der Waals surface area contributed by atoms with E-state index >= 15 is 0 Å². The highest BCUT2D eigenvalue weighted by Gasteiger charge is 2.21. The lowest BCUT2D eigenvalue weighted by Crippen LogP contribution is -2.42. The molecule has 21 heavy (non-hydrogen) atoms. The molecule has 7 nitrogen and oxygen atoms in total. The number of nitrogens with zero attached hydrogens (tertiary/aromatic N) is 2. The number of carboxylic acid groups (broad SMARTS) is 1. The lowest BCUT2D eigenvalue weighted by atomic mass is 10.2. The Hall–Kier alpha value is -1.72. The third kappa shape index (κ3) is 7.58. The van der Waals surface area contributed by atoms with Crippen molar-refractivity contribution in [2.24, 2.45) is 0 Å². The van der Waals surface area contributed by atoms with Gasteiger partial charge in [0.2, 0.25) is 0 Å². The van der Waals surface area contributed by atoms with E-state index in [2.05, 4.69) is 5.32 Å². The number of aliphatic carboxylic acids is 1. The molecule has 0 rings (SSSR count). The Labute approximate surface area is 128 Å². The first-order valence-electron chi connectivity index (χ1n) is 6.49. The first kappa shape index (κ1) is 19.3. The van der Waals surface area contributed by atoms with E-state index < -0.39 is 17.9 Å². The summed E-state index contributed by atoms with van der Waals surface area (Å²) in [5.74, 6) is -1.26. The van der Waals surface area contributed by atoms with Crippen molar-refractivity contribution < 1.29 is 19.8 Å². The van der Waals surface area contributed by atoms with Crippen LogP contribution in [0.15, 0.2) is 11.8 Å². The summed E-state index contributed by atoms with van der Waals surface area (Å²) in [4.78, 5) is 24.6. The normalized spacial score (nSPS) is 12.4. The van der Waals surface area contributed by atoms with Gasteiger partial charge in [-0.1, -0.05) is 0 Å². The molecule has 1 amide bonds. The fourth-order valence-corrected chi connectivity index (χ4v) is 1.96. The summed E-state index contributed by atoms with van der Waals surface area (Å²) in [6.45, 7) is 2.53. The molecule has 0 aromatic rings. The van der Waals surface area contributed by atoms with Gasteiger partial charge in [-0.25, -0.2) is 4.79 Å². The molecular formula is C13H21N3O4S. The molecule has 118 valence electrons. The number of nitrogens with one attached hydrogen (secondary N) is 1. The van der Waals surface area contributed by atoms with Crippen molar-refractivity contribution in [3.05, 3.63) is 11.8 Å². The van der Waals surface area contributed by atoms with E-state index in [-0.39, 0.29) is 18.6 Å². The minimum Gasteiger partial charge on any atom is -0.480 e. The van der Waals surface area contributed by atoms with Crippen LogP contribution in [0, 0.1) is 11.3 Å². The monoisotopic (exact) mass is 315 g/mol. The van der Waals surface area contributed by atoms with Gasteiger partial charge < -0.3 is 20.4 Å². The Bertz CT molecular complexity index is 420. The molecule has 0 aliphatic heterocycles. The van der Waals surface area contributed by atoms with Gasteiger partial charge in [0.25, 0.3) is 5.91 Å². The quantitative estimate of drug-likeness (QED) is 0.385. The van der Waals surface area contributed by atoms with Crippen LogP contribution in [-0.2, 0) is 9.59 Å². The van der Waals surface area contributed by atoms with Crippen molar-refractivity contribution >= 4 is 23.6 Å². The average molecular weight is 315 g/mol. The molecular weight excluding hydrogens is 294 g/mol. The first-order valence-corrected chi connectivity index (χ1v) is 7.88. The number of likely N-dealkylation sites (N-methyl/N-ethyl adjacent to an activating group) is 1. The van der Waals surface area contributed by atoms with Crippen LogP contribution >= 0.6 is 11.8 Å². The minimum absolute atomic E-state index is 0.101. The largest absolute Gasteiger partial charge is 0.480 e. The van der Waals surface area contributed by atoms with Crippen molar-refractivity contribution in [3.63, 3.8) is 0 Å². The topological polar surface area (TPSA) is 114 Å². The third-order valence-corrected chi connectivity index (χ3v) is 3.33. The van der Waals surface area contributed by atoms with Crippen molar-refractivity contribution in [2.75, 3.05) is 31.7 Å². The second kappa shape index (κ2) is 11.0. The molecule has 8 heteroatoms. The van der Waals surface area contributed by atoms with Crippen LogP contribution in [0.2, 0.25) is 0 Å². The highest BCUT2D eigenvalue weighted by Crippen LogP contribution is 2.04. The van der Waals surface area contributed by atoms with Gasteiger partial charge >= 0.3 is 5.97 Å². The smallest absolute Gasteiger partial charge is 0.326 e. The summed E-state index contributed by atoms with van der Waals surface area (Å²) in [7, 11) is 0. The zero-order valence-electron chi connectivity index (χ0n) is 12.2. The molecule has 0 spiro atoms. The van der Waals surface area contributed by atoms with E-state index in [1.165, 1.54) is 18.0 Å². The van der Waals surface area contributed by atoms with Crippen LogP contribution in [0.1, 0.15) is 13.3 Å². The molecule has 3 N–H and O–H groups in total. The second-order valence-electron chi connectivity index (χ2n) is 4.15. The van der Waals surface area contributed by atoms with Crippen LogP contribution in [0.4, 0.5) is 0 Å². The summed E-state index contributed by atoms with van der Waals surface area (Å²) in [6, 6.07) is 0.734. The van der Waals surface area contributed by atoms with Crippen molar-refractivity contribution in [3.8, 4) is 6.07 Å². The Morgan fingerprint density at radius 2 is 2.19 bits per heavy atom. The van der Waals surface area contributed by atoms with Crippen LogP contribution in [0.5, 0.6) is 0 Å². The van der Waals surface area contributed by atoms with Gasteiger partial charge in [0.15, 0.2) is 0 Å². The van der Waals surface area contributed by atoms with Gasteiger partial charge in [-0.2, -0.15) is 17.0 Å². The number of rotatable bonds is 10. The molecule has 0 saturated heterocycles. The number of carbonyl (C=O) groups excluding carboxylic acids is 1. The van der Waals surface area contributed by atoms with Crippen molar-refractivity contribution in [1.82, 2.24) is 10.2 Å². The Morgan fingerprint density at radius 1 is 1.52 bits per heavy atom. The lowest BCUT2D eigenvalue weighted by molar-refractivity contribution is -0.141. The van der Waals surface area contributed by atoms with Crippen molar-refractivity contribution in [2.45, 2.75) is 19.4 Å². The van der Waals surface area contributed by atoms with E-state index in [1.807, 2.05) is 13.2 Å². The van der Waals surface area contributed by atoms with Gasteiger partial charge in [0.1, 0.15) is 17.7 Å². The Kier molecular flexibility index (Phi) is 10.1. The van der Waals surface area contributed by atoms with Gasteiger partial charge in [-0.15, -0.1) is 0 Å². The number of carbonyl (C=O) groups is 2. The number of hydrogen-bond donors (Lipinski definition) is 3. The van der Waals surface area contributed by atoms with Crippen LogP contribution in [0.3, 0.4) is 0 Å². The predicted molar refractivity (Wildman–Crippen MR) is 80.6 cm³/mol. The fraction of sp³-hybridized carbons (Fsp3) is 0.615. The number of carboxylic acids is 1. The van der Waals surface area contributed by atoms with Gasteiger partial charge in [0, 0.05) is 19.3 Å². The van der Waals surface area contributed by atoms with E-state index in [4.69, 9.17) is 15.5 Å². The SMILES string of the molecule is CCN(/C=C(/C#N)C(=O)NC(CCSC)C(=O)O)CCO. The number of aliphatic hydroxyl groups excluding tert-OH is 1.